The minimum Gasteiger partial charge on any atom is -0.396 e. The van der Waals surface area contributed by atoms with Crippen LogP contribution >= 0.6 is 0 Å². The third-order valence-electron chi connectivity index (χ3n) is 3.94. The predicted octanol–water partition coefficient (Wildman–Crippen LogP) is 2.69. The van der Waals surface area contributed by atoms with Crippen LogP contribution in [0.4, 0.5) is 0 Å². The average molecular weight is 245 g/mol. The van der Waals surface area contributed by atoms with Gasteiger partial charge in [0.2, 0.25) is 0 Å². The van der Waals surface area contributed by atoms with Crippen LogP contribution in [0.1, 0.15) is 18.4 Å². The Morgan fingerprint density at radius 3 is 2.78 bits per heavy atom. The number of hydrogen-bond donors (Lipinski definition) is 1. The van der Waals surface area contributed by atoms with Crippen molar-refractivity contribution < 1.29 is 5.11 Å². The van der Waals surface area contributed by atoms with E-state index in [0.29, 0.717) is 18.4 Å². The summed E-state index contributed by atoms with van der Waals surface area (Å²) in [6, 6.07) is 10.6. The Morgan fingerprint density at radius 1 is 1.33 bits per heavy atom. The maximum absolute atomic E-state index is 9.09. The molecule has 98 valence electrons. The van der Waals surface area contributed by atoms with Crippen molar-refractivity contribution in [2.24, 2.45) is 11.8 Å². The topological polar surface area (TPSA) is 23.5 Å². The highest BCUT2D eigenvalue weighted by Crippen LogP contribution is 2.27. The maximum atomic E-state index is 9.09. The lowest BCUT2D eigenvalue weighted by molar-refractivity contribution is 0.117. The molecule has 2 heteroatoms. The molecule has 1 heterocycles. The first-order valence-electron chi connectivity index (χ1n) is 6.83. The van der Waals surface area contributed by atoms with Crippen molar-refractivity contribution in [2.75, 3.05) is 19.7 Å². The molecule has 1 aromatic rings. The number of aliphatic hydroxyl groups excluding tert-OH is 1. The number of hydrogen-bond acceptors (Lipinski definition) is 2. The molecule has 0 unspecified atom stereocenters. The normalized spacial score (nSPS) is 24.9. The number of piperidine rings is 1. The summed E-state index contributed by atoms with van der Waals surface area (Å²) in [5, 5.41) is 9.09. The quantitative estimate of drug-likeness (QED) is 0.806. The first kappa shape index (κ1) is 13.3. The van der Waals surface area contributed by atoms with Crippen molar-refractivity contribution in [3.8, 4) is 0 Å². The van der Waals surface area contributed by atoms with Gasteiger partial charge in [0.25, 0.3) is 0 Å². The summed E-state index contributed by atoms with van der Waals surface area (Å²) in [6.07, 6.45) is 4.15. The fourth-order valence-corrected chi connectivity index (χ4v) is 2.88. The highest BCUT2D eigenvalue weighted by molar-refractivity contribution is 5.14. The Kier molecular flexibility index (Phi) is 4.97. The molecule has 2 atom stereocenters. The van der Waals surface area contributed by atoms with Gasteiger partial charge in [0.05, 0.1) is 0 Å². The van der Waals surface area contributed by atoms with Gasteiger partial charge in [-0.1, -0.05) is 36.4 Å². The molecular formula is C16H23NO. The molecule has 1 fully saturated rings. The molecule has 1 saturated heterocycles. The fourth-order valence-electron chi connectivity index (χ4n) is 2.88. The van der Waals surface area contributed by atoms with Gasteiger partial charge in [-0.2, -0.15) is 0 Å². The fraction of sp³-hybridized carbons (Fsp3) is 0.500. The van der Waals surface area contributed by atoms with Crippen LogP contribution in [0.15, 0.2) is 43.0 Å². The second-order valence-electron chi connectivity index (χ2n) is 5.18. The van der Waals surface area contributed by atoms with E-state index >= 15 is 0 Å². The van der Waals surface area contributed by atoms with Gasteiger partial charge < -0.3 is 5.11 Å². The number of benzene rings is 1. The molecule has 1 N–H and O–H groups in total. The van der Waals surface area contributed by atoms with E-state index < -0.39 is 0 Å². The zero-order valence-corrected chi connectivity index (χ0v) is 11.0. The van der Waals surface area contributed by atoms with Gasteiger partial charge in [0.15, 0.2) is 0 Å². The smallest absolute Gasteiger partial charge is 0.0433 e. The van der Waals surface area contributed by atoms with Crippen LogP contribution in [0.2, 0.25) is 0 Å². The van der Waals surface area contributed by atoms with Crippen molar-refractivity contribution in [3.63, 3.8) is 0 Å². The van der Waals surface area contributed by atoms with E-state index in [1.165, 1.54) is 12.0 Å². The Bertz CT molecular complexity index is 363. The Balaban J connectivity index is 1.91. The van der Waals surface area contributed by atoms with Crippen LogP contribution < -0.4 is 0 Å². The largest absolute Gasteiger partial charge is 0.396 e. The van der Waals surface area contributed by atoms with Crippen molar-refractivity contribution >= 4 is 0 Å². The minimum atomic E-state index is 0.299. The highest BCUT2D eigenvalue weighted by Gasteiger charge is 2.26. The van der Waals surface area contributed by atoms with E-state index in [9.17, 15) is 0 Å². The SMILES string of the molecule is C=C[C@H]1CN(Cc2ccccc2)CC[C@H]1CCO. The van der Waals surface area contributed by atoms with E-state index in [1.807, 2.05) is 0 Å². The Labute approximate surface area is 110 Å². The van der Waals surface area contributed by atoms with Gasteiger partial charge in [-0.25, -0.2) is 0 Å². The average Bonchev–Trinajstić information content (AvgIpc) is 2.42. The summed E-state index contributed by atoms with van der Waals surface area (Å²) in [6.45, 7) is 7.48. The summed E-state index contributed by atoms with van der Waals surface area (Å²) < 4.78 is 0. The van der Waals surface area contributed by atoms with E-state index in [1.54, 1.807) is 0 Å². The molecule has 0 saturated carbocycles. The number of nitrogens with zero attached hydrogens (tertiary/aromatic N) is 1. The van der Waals surface area contributed by atoms with E-state index in [0.717, 1.165) is 26.1 Å². The zero-order valence-electron chi connectivity index (χ0n) is 11.0. The highest BCUT2D eigenvalue weighted by atomic mass is 16.3. The van der Waals surface area contributed by atoms with Gasteiger partial charge in [-0.05, 0) is 36.8 Å². The lowest BCUT2D eigenvalue weighted by atomic mass is 9.83. The Hall–Kier alpha value is -1.12. The van der Waals surface area contributed by atoms with Crippen molar-refractivity contribution in [1.29, 1.82) is 0 Å². The second kappa shape index (κ2) is 6.72. The maximum Gasteiger partial charge on any atom is 0.0433 e. The monoisotopic (exact) mass is 245 g/mol. The molecule has 1 aliphatic heterocycles. The zero-order chi connectivity index (χ0) is 12.8. The molecule has 1 aromatic carbocycles. The molecule has 0 bridgehead atoms. The van der Waals surface area contributed by atoms with Gasteiger partial charge in [-0.15, -0.1) is 6.58 Å². The van der Waals surface area contributed by atoms with Crippen LogP contribution in [0.5, 0.6) is 0 Å². The van der Waals surface area contributed by atoms with E-state index in [4.69, 9.17) is 5.11 Å². The van der Waals surface area contributed by atoms with Crippen LogP contribution in [0.25, 0.3) is 0 Å². The van der Waals surface area contributed by atoms with Crippen LogP contribution in [-0.4, -0.2) is 29.7 Å². The molecule has 18 heavy (non-hydrogen) atoms. The van der Waals surface area contributed by atoms with Crippen LogP contribution in [-0.2, 0) is 6.54 Å². The summed E-state index contributed by atoms with van der Waals surface area (Å²) in [5.74, 6) is 1.13. The predicted molar refractivity (Wildman–Crippen MR) is 75.2 cm³/mol. The van der Waals surface area contributed by atoms with Crippen LogP contribution in [0.3, 0.4) is 0 Å². The lowest BCUT2D eigenvalue weighted by Gasteiger charge is -2.37. The molecule has 0 aromatic heterocycles. The van der Waals surface area contributed by atoms with Crippen molar-refractivity contribution in [3.05, 3.63) is 48.6 Å². The molecule has 0 aliphatic carbocycles. The third-order valence-corrected chi connectivity index (χ3v) is 3.94. The van der Waals surface area contributed by atoms with E-state index in [2.05, 4.69) is 47.9 Å². The Morgan fingerprint density at radius 2 is 2.11 bits per heavy atom. The van der Waals surface area contributed by atoms with E-state index in [-0.39, 0.29) is 0 Å². The third kappa shape index (κ3) is 3.44. The van der Waals surface area contributed by atoms with Gasteiger partial charge in [0, 0.05) is 19.7 Å². The summed E-state index contributed by atoms with van der Waals surface area (Å²) in [7, 11) is 0. The number of likely N-dealkylation sites (tertiary alicyclic amines) is 1. The molecule has 1 aliphatic rings. The minimum absolute atomic E-state index is 0.299. The number of aliphatic hydroxyl groups is 1. The van der Waals surface area contributed by atoms with Gasteiger partial charge in [0.1, 0.15) is 0 Å². The lowest BCUT2D eigenvalue weighted by Crippen LogP contribution is -2.39. The van der Waals surface area contributed by atoms with Gasteiger partial charge >= 0.3 is 0 Å². The van der Waals surface area contributed by atoms with Crippen molar-refractivity contribution in [1.82, 2.24) is 4.90 Å². The second-order valence-corrected chi connectivity index (χ2v) is 5.18. The van der Waals surface area contributed by atoms with Gasteiger partial charge in [-0.3, -0.25) is 4.90 Å². The van der Waals surface area contributed by atoms with Crippen molar-refractivity contribution in [2.45, 2.75) is 19.4 Å². The molecule has 2 nitrogen and oxygen atoms in total. The first-order valence-corrected chi connectivity index (χ1v) is 6.83. The molecule has 0 spiro atoms. The molecular weight excluding hydrogens is 222 g/mol. The van der Waals surface area contributed by atoms with Crippen LogP contribution in [0, 0.1) is 11.8 Å². The first-order chi connectivity index (χ1) is 8.83. The summed E-state index contributed by atoms with van der Waals surface area (Å²) >= 11 is 0. The molecule has 2 rings (SSSR count). The standard InChI is InChI=1S/C16H23NO/c1-2-15-13-17(10-8-16(15)9-11-18)12-14-6-4-3-5-7-14/h2-7,15-16,18H,1,8-13H2/t15-,16-/m0/s1. The number of rotatable bonds is 5. The summed E-state index contributed by atoms with van der Waals surface area (Å²) in [5.41, 5.74) is 1.38. The summed E-state index contributed by atoms with van der Waals surface area (Å²) in [4.78, 5) is 2.50. The molecule has 0 radical (unpaired) electrons. The molecule has 0 amide bonds.